The van der Waals surface area contributed by atoms with E-state index in [9.17, 15) is 5.11 Å². The maximum Gasteiger partial charge on any atom is 0.0638 e. The first-order chi connectivity index (χ1) is 6.24. The largest absolute Gasteiger partial charge is 0.397 e. The number of aliphatic hydroxyl groups excluding tert-OH is 1. The van der Waals surface area contributed by atoms with Gasteiger partial charge in [0.2, 0.25) is 0 Å². The SMILES string of the molecule is CCC(O)CSc1ccncc1N. The normalized spacial score (nSPS) is 12.8. The lowest BCUT2D eigenvalue weighted by molar-refractivity contribution is 0.195. The van der Waals surface area contributed by atoms with Crippen molar-refractivity contribution in [3.63, 3.8) is 0 Å². The summed E-state index contributed by atoms with van der Waals surface area (Å²) in [5.41, 5.74) is 6.36. The highest BCUT2D eigenvalue weighted by atomic mass is 32.2. The number of aromatic nitrogens is 1. The summed E-state index contributed by atoms with van der Waals surface area (Å²) in [5, 5.41) is 9.33. The molecule has 4 heteroatoms. The minimum Gasteiger partial charge on any atom is -0.397 e. The Kier molecular flexibility index (Phi) is 4.05. The molecule has 0 radical (unpaired) electrons. The van der Waals surface area contributed by atoms with Gasteiger partial charge in [0.15, 0.2) is 0 Å². The second-order valence-electron chi connectivity index (χ2n) is 2.79. The van der Waals surface area contributed by atoms with Crippen molar-refractivity contribution in [1.82, 2.24) is 4.98 Å². The smallest absolute Gasteiger partial charge is 0.0638 e. The van der Waals surface area contributed by atoms with Crippen molar-refractivity contribution in [1.29, 1.82) is 0 Å². The summed E-state index contributed by atoms with van der Waals surface area (Å²) in [6.07, 6.45) is 3.85. The Morgan fingerprint density at radius 3 is 3.08 bits per heavy atom. The van der Waals surface area contributed by atoms with E-state index in [-0.39, 0.29) is 6.10 Å². The second-order valence-corrected chi connectivity index (χ2v) is 3.85. The zero-order valence-electron chi connectivity index (χ0n) is 7.60. The molecule has 1 unspecified atom stereocenters. The first-order valence-electron chi connectivity index (χ1n) is 4.24. The van der Waals surface area contributed by atoms with Crippen molar-refractivity contribution in [2.45, 2.75) is 24.3 Å². The van der Waals surface area contributed by atoms with Crippen molar-refractivity contribution >= 4 is 17.4 Å². The molecule has 13 heavy (non-hydrogen) atoms. The molecule has 72 valence electrons. The van der Waals surface area contributed by atoms with E-state index in [0.717, 1.165) is 11.3 Å². The van der Waals surface area contributed by atoms with Crippen molar-refractivity contribution < 1.29 is 5.11 Å². The first kappa shape index (κ1) is 10.3. The molecule has 1 rings (SSSR count). The zero-order valence-corrected chi connectivity index (χ0v) is 8.42. The minimum absolute atomic E-state index is 0.252. The third kappa shape index (κ3) is 3.24. The molecule has 0 amide bonds. The molecule has 0 bridgehead atoms. The molecule has 0 aliphatic rings. The van der Waals surface area contributed by atoms with Crippen LogP contribution in [0.5, 0.6) is 0 Å². The topological polar surface area (TPSA) is 59.1 Å². The van der Waals surface area contributed by atoms with Crippen LogP contribution in [-0.2, 0) is 0 Å². The third-order valence-corrected chi connectivity index (χ3v) is 2.95. The number of hydrogen-bond acceptors (Lipinski definition) is 4. The van der Waals surface area contributed by atoms with Crippen molar-refractivity contribution in [2.75, 3.05) is 11.5 Å². The van der Waals surface area contributed by atoms with Gasteiger partial charge in [0.25, 0.3) is 0 Å². The van der Waals surface area contributed by atoms with E-state index in [0.29, 0.717) is 11.4 Å². The van der Waals surface area contributed by atoms with Crippen LogP contribution in [0, 0.1) is 0 Å². The van der Waals surface area contributed by atoms with Crippen LogP contribution in [0.2, 0.25) is 0 Å². The second kappa shape index (κ2) is 5.09. The average molecular weight is 198 g/mol. The first-order valence-corrected chi connectivity index (χ1v) is 5.23. The molecule has 1 aromatic heterocycles. The van der Waals surface area contributed by atoms with Gasteiger partial charge in [-0.25, -0.2) is 0 Å². The number of nitrogens with zero attached hydrogens (tertiary/aromatic N) is 1. The molecule has 1 aromatic rings. The van der Waals surface area contributed by atoms with Gasteiger partial charge in [-0.15, -0.1) is 11.8 Å². The van der Waals surface area contributed by atoms with Crippen LogP contribution in [0.25, 0.3) is 0 Å². The molecule has 0 saturated carbocycles. The standard InChI is InChI=1S/C9H14N2OS/c1-2-7(12)6-13-9-3-4-11-5-8(9)10/h3-5,7,12H,2,6,10H2,1H3. The third-order valence-electron chi connectivity index (χ3n) is 1.71. The maximum atomic E-state index is 9.33. The van der Waals surface area contributed by atoms with Gasteiger partial charge in [0, 0.05) is 16.8 Å². The lowest BCUT2D eigenvalue weighted by Crippen LogP contribution is -2.07. The van der Waals surface area contributed by atoms with Gasteiger partial charge < -0.3 is 10.8 Å². The highest BCUT2D eigenvalue weighted by molar-refractivity contribution is 7.99. The van der Waals surface area contributed by atoms with Gasteiger partial charge in [-0.3, -0.25) is 4.98 Å². The molecule has 0 saturated heterocycles. The van der Waals surface area contributed by atoms with Gasteiger partial charge in [-0.05, 0) is 12.5 Å². The van der Waals surface area contributed by atoms with Gasteiger partial charge >= 0.3 is 0 Å². The number of aliphatic hydroxyl groups is 1. The number of thioether (sulfide) groups is 1. The van der Waals surface area contributed by atoms with Crippen LogP contribution in [0.15, 0.2) is 23.4 Å². The average Bonchev–Trinajstić information content (AvgIpc) is 2.16. The lowest BCUT2D eigenvalue weighted by Gasteiger charge is -2.07. The summed E-state index contributed by atoms with van der Waals surface area (Å²) in [7, 11) is 0. The Balaban J connectivity index is 2.50. The van der Waals surface area contributed by atoms with E-state index >= 15 is 0 Å². The Hall–Kier alpha value is -0.740. The van der Waals surface area contributed by atoms with Crippen molar-refractivity contribution in [3.05, 3.63) is 18.5 Å². The van der Waals surface area contributed by atoms with Crippen LogP contribution in [0.3, 0.4) is 0 Å². The molecular formula is C9H14N2OS. The zero-order chi connectivity index (χ0) is 9.68. The maximum absolute atomic E-state index is 9.33. The Morgan fingerprint density at radius 1 is 1.69 bits per heavy atom. The van der Waals surface area contributed by atoms with E-state index in [2.05, 4.69) is 4.98 Å². The summed E-state index contributed by atoms with van der Waals surface area (Å²) in [5.74, 6) is 0.685. The Morgan fingerprint density at radius 2 is 2.46 bits per heavy atom. The molecule has 0 aromatic carbocycles. The van der Waals surface area contributed by atoms with Gasteiger partial charge in [-0.2, -0.15) is 0 Å². The summed E-state index contributed by atoms with van der Waals surface area (Å²) in [4.78, 5) is 4.88. The Bertz CT molecular complexity index is 268. The highest BCUT2D eigenvalue weighted by Gasteiger charge is 2.03. The number of nitrogens with two attached hydrogens (primary N) is 1. The van der Waals surface area contributed by atoms with Gasteiger partial charge in [-0.1, -0.05) is 6.92 Å². The monoisotopic (exact) mass is 198 g/mol. The molecular weight excluding hydrogens is 184 g/mol. The number of hydrogen-bond donors (Lipinski definition) is 2. The molecule has 0 aliphatic heterocycles. The van der Waals surface area contributed by atoms with E-state index in [1.807, 2.05) is 13.0 Å². The van der Waals surface area contributed by atoms with E-state index < -0.39 is 0 Å². The Labute approximate surface area is 82.4 Å². The highest BCUT2D eigenvalue weighted by Crippen LogP contribution is 2.24. The van der Waals surface area contributed by atoms with Gasteiger partial charge in [0.05, 0.1) is 18.0 Å². The minimum atomic E-state index is -0.252. The summed E-state index contributed by atoms with van der Waals surface area (Å²) >= 11 is 1.56. The fraction of sp³-hybridized carbons (Fsp3) is 0.444. The van der Waals surface area contributed by atoms with Gasteiger partial charge in [0.1, 0.15) is 0 Å². The van der Waals surface area contributed by atoms with Crippen molar-refractivity contribution in [3.8, 4) is 0 Å². The summed E-state index contributed by atoms with van der Waals surface area (Å²) in [6.45, 7) is 1.96. The number of anilines is 1. The number of pyridine rings is 1. The summed E-state index contributed by atoms with van der Waals surface area (Å²) < 4.78 is 0. The van der Waals surface area contributed by atoms with E-state index in [4.69, 9.17) is 5.73 Å². The molecule has 0 fully saturated rings. The van der Waals surface area contributed by atoms with E-state index in [1.54, 1.807) is 24.2 Å². The molecule has 0 aliphatic carbocycles. The van der Waals surface area contributed by atoms with Crippen LogP contribution in [0.4, 0.5) is 5.69 Å². The lowest BCUT2D eigenvalue weighted by atomic mass is 10.3. The molecule has 1 atom stereocenters. The number of nitrogen functional groups attached to an aromatic ring is 1. The molecule has 0 spiro atoms. The molecule has 3 N–H and O–H groups in total. The quantitative estimate of drug-likeness (QED) is 0.720. The summed E-state index contributed by atoms with van der Waals surface area (Å²) in [6, 6.07) is 1.86. The van der Waals surface area contributed by atoms with Crippen LogP contribution in [0.1, 0.15) is 13.3 Å². The number of rotatable bonds is 4. The van der Waals surface area contributed by atoms with Crippen LogP contribution < -0.4 is 5.73 Å². The fourth-order valence-electron chi connectivity index (χ4n) is 0.829. The predicted molar refractivity (Wildman–Crippen MR) is 55.7 cm³/mol. The molecule has 3 nitrogen and oxygen atoms in total. The fourth-order valence-corrected chi connectivity index (χ4v) is 1.81. The van der Waals surface area contributed by atoms with Crippen molar-refractivity contribution in [2.24, 2.45) is 0 Å². The predicted octanol–water partition coefficient (Wildman–Crippen LogP) is 1.53. The van der Waals surface area contributed by atoms with Crippen LogP contribution in [-0.4, -0.2) is 21.9 Å². The van der Waals surface area contributed by atoms with Crippen LogP contribution >= 0.6 is 11.8 Å². The molecule has 1 heterocycles. The van der Waals surface area contributed by atoms with E-state index in [1.165, 1.54) is 0 Å².